The highest BCUT2D eigenvalue weighted by molar-refractivity contribution is 5.76. The van der Waals surface area contributed by atoms with E-state index in [0.717, 1.165) is 39.0 Å². The van der Waals surface area contributed by atoms with Crippen molar-refractivity contribution < 1.29 is 9.53 Å². The Morgan fingerprint density at radius 1 is 1.38 bits per heavy atom. The first-order valence-electron chi connectivity index (χ1n) is 6.29. The Morgan fingerprint density at radius 2 is 2.06 bits per heavy atom. The highest BCUT2D eigenvalue weighted by Crippen LogP contribution is 2.06. The molecule has 0 aromatic heterocycles. The topological polar surface area (TPSA) is 50.4 Å². The van der Waals surface area contributed by atoms with Crippen LogP contribution in [0.2, 0.25) is 0 Å². The second kappa shape index (κ2) is 7.63. The van der Waals surface area contributed by atoms with E-state index in [9.17, 15) is 4.79 Å². The van der Waals surface area contributed by atoms with Crippen molar-refractivity contribution in [3.8, 4) is 0 Å². The maximum Gasteiger partial charge on any atom is 0.220 e. The largest absolute Gasteiger partial charge is 0.381 e. The van der Waals surface area contributed by atoms with Gasteiger partial charge in [0, 0.05) is 31.7 Å². The van der Waals surface area contributed by atoms with E-state index in [4.69, 9.17) is 4.74 Å². The van der Waals surface area contributed by atoms with Gasteiger partial charge in [0.1, 0.15) is 0 Å². The summed E-state index contributed by atoms with van der Waals surface area (Å²) in [6.45, 7) is 6.70. The van der Waals surface area contributed by atoms with E-state index in [1.165, 1.54) is 0 Å². The molecule has 94 valence electrons. The van der Waals surface area contributed by atoms with Crippen molar-refractivity contribution in [2.75, 3.05) is 19.8 Å². The Bertz CT molecular complexity index is 201. The van der Waals surface area contributed by atoms with E-state index in [-0.39, 0.29) is 5.91 Å². The number of hydrogen-bond donors (Lipinski definition) is 2. The maximum absolute atomic E-state index is 11.6. The zero-order valence-electron chi connectivity index (χ0n) is 10.4. The molecular formula is C12H24N2O2. The van der Waals surface area contributed by atoms with Gasteiger partial charge in [-0.2, -0.15) is 0 Å². The molecule has 0 bridgehead atoms. The van der Waals surface area contributed by atoms with Crippen LogP contribution < -0.4 is 10.6 Å². The molecule has 1 aliphatic rings. The van der Waals surface area contributed by atoms with Crippen molar-refractivity contribution in [2.45, 2.75) is 51.6 Å². The molecule has 1 saturated heterocycles. The Balaban J connectivity index is 2.01. The molecule has 0 saturated carbocycles. The summed E-state index contributed by atoms with van der Waals surface area (Å²) in [5.41, 5.74) is 0. The fourth-order valence-electron chi connectivity index (χ4n) is 1.78. The third-order valence-corrected chi connectivity index (χ3v) is 2.72. The second-order valence-electron chi connectivity index (χ2n) is 4.67. The second-order valence-corrected chi connectivity index (χ2v) is 4.67. The fraction of sp³-hybridized carbons (Fsp3) is 0.917. The van der Waals surface area contributed by atoms with Gasteiger partial charge in [0.05, 0.1) is 0 Å². The van der Waals surface area contributed by atoms with Crippen LogP contribution in [0.3, 0.4) is 0 Å². The van der Waals surface area contributed by atoms with Gasteiger partial charge in [0.25, 0.3) is 0 Å². The lowest BCUT2D eigenvalue weighted by molar-refractivity contribution is -0.122. The third-order valence-electron chi connectivity index (χ3n) is 2.72. The number of carbonyl (C=O) groups is 1. The predicted molar refractivity (Wildman–Crippen MR) is 64.4 cm³/mol. The summed E-state index contributed by atoms with van der Waals surface area (Å²) in [5.74, 6) is 0.178. The van der Waals surface area contributed by atoms with Crippen LogP contribution in [0.15, 0.2) is 0 Å². The van der Waals surface area contributed by atoms with Crippen molar-refractivity contribution in [3.63, 3.8) is 0 Å². The van der Waals surface area contributed by atoms with Crippen LogP contribution >= 0.6 is 0 Å². The molecule has 2 N–H and O–H groups in total. The van der Waals surface area contributed by atoms with Crippen LogP contribution in [-0.4, -0.2) is 37.7 Å². The standard InChI is InChI=1S/C12H24N2O2/c1-10(2)13-7-3-4-12(15)14-11-5-8-16-9-6-11/h10-11,13H,3-9H2,1-2H3,(H,14,15). The predicted octanol–water partition coefficient (Wildman–Crippen LogP) is 1.06. The van der Waals surface area contributed by atoms with Crippen LogP contribution in [-0.2, 0) is 9.53 Å². The lowest BCUT2D eigenvalue weighted by Gasteiger charge is -2.23. The van der Waals surface area contributed by atoms with Gasteiger partial charge in [-0.1, -0.05) is 13.8 Å². The maximum atomic E-state index is 11.6. The van der Waals surface area contributed by atoms with Crippen LogP contribution in [0, 0.1) is 0 Å². The third kappa shape index (κ3) is 6.08. The van der Waals surface area contributed by atoms with E-state index in [1.807, 2.05) is 0 Å². The number of nitrogens with one attached hydrogen (secondary N) is 2. The summed E-state index contributed by atoms with van der Waals surface area (Å²) < 4.78 is 5.24. The molecule has 1 amide bonds. The van der Waals surface area contributed by atoms with E-state index in [2.05, 4.69) is 24.5 Å². The van der Waals surface area contributed by atoms with Gasteiger partial charge in [0.15, 0.2) is 0 Å². The van der Waals surface area contributed by atoms with Crippen molar-refractivity contribution in [2.24, 2.45) is 0 Å². The molecule has 0 atom stereocenters. The lowest BCUT2D eigenvalue weighted by Crippen LogP contribution is -2.39. The monoisotopic (exact) mass is 228 g/mol. The van der Waals surface area contributed by atoms with Gasteiger partial charge in [-0.25, -0.2) is 0 Å². The average Bonchev–Trinajstić information content (AvgIpc) is 2.25. The molecule has 0 aromatic rings. The highest BCUT2D eigenvalue weighted by atomic mass is 16.5. The Hall–Kier alpha value is -0.610. The zero-order chi connectivity index (χ0) is 11.8. The first kappa shape index (κ1) is 13.5. The van der Waals surface area contributed by atoms with Crippen molar-refractivity contribution in [1.82, 2.24) is 10.6 Å². The zero-order valence-corrected chi connectivity index (χ0v) is 10.4. The van der Waals surface area contributed by atoms with Crippen molar-refractivity contribution >= 4 is 5.91 Å². The molecule has 0 unspecified atom stereocenters. The first-order chi connectivity index (χ1) is 7.68. The number of rotatable bonds is 6. The van der Waals surface area contributed by atoms with Crippen LogP contribution in [0.1, 0.15) is 39.5 Å². The van der Waals surface area contributed by atoms with Gasteiger partial charge in [-0.3, -0.25) is 4.79 Å². The molecule has 1 aliphatic heterocycles. The molecule has 1 fully saturated rings. The van der Waals surface area contributed by atoms with Crippen molar-refractivity contribution in [1.29, 1.82) is 0 Å². The molecule has 0 radical (unpaired) electrons. The minimum Gasteiger partial charge on any atom is -0.381 e. The van der Waals surface area contributed by atoms with Gasteiger partial charge in [-0.05, 0) is 25.8 Å². The minimum atomic E-state index is 0.178. The molecule has 4 nitrogen and oxygen atoms in total. The van der Waals surface area contributed by atoms with Crippen LogP contribution in [0.25, 0.3) is 0 Å². The molecule has 0 aliphatic carbocycles. The summed E-state index contributed by atoms with van der Waals surface area (Å²) in [6, 6.07) is 0.831. The van der Waals surface area contributed by atoms with Gasteiger partial charge >= 0.3 is 0 Å². The lowest BCUT2D eigenvalue weighted by atomic mass is 10.1. The molecule has 0 spiro atoms. The number of carbonyl (C=O) groups excluding carboxylic acids is 1. The minimum absolute atomic E-state index is 0.178. The Kier molecular flexibility index (Phi) is 6.42. The molecule has 16 heavy (non-hydrogen) atoms. The van der Waals surface area contributed by atoms with Crippen molar-refractivity contribution in [3.05, 3.63) is 0 Å². The van der Waals surface area contributed by atoms with Crippen LogP contribution in [0.5, 0.6) is 0 Å². The summed E-state index contributed by atoms with van der Waals surface area (Å²) in [6.07, 6.45) is 3.44. The SMILES string of the molecule is CC(C)NCCCC(=O)NC1CCOCC1. The van der Waals surface area contributed by atoms with Gasteiger partial charge < -0.3 is 15.4 Å². The van der Waals surface area contributed by atoms with E-state index in [1.54, 1.807) is 0 Å². The fourth-order valence-corrected chi connectivity index (χ4v) is 1.78. The first-order valence-corrected chi connectivity index (χ1v) is 6.29. The van der Waals surface area contributed by atoms with E-state index in [0.29, 0.717) is 18.5 Å². The van der Waals surface area contributed by atoms with Gasteiger partial charge in [-0.15, -0.1) is 0 Å². The molecule has 0 aromatic carbocycles. The number of amides is 1. The Morgan fingerprint density at radius 3 is 2.69 bits per heavy atom. The van der Waals surface area contributed by atoms with Gasteiger partial charge in [0.2, 0.25) is 5.91 Å². The average molecular weight is 228 g/mol. The molecular weight excluding hydrogens is 204 g/mol. The van der Waals surface area contributed by atoms with E-state index >= 15 is 0 Å². The summed E-state index contributed by atoms with van der Waals surface area (Å²) >= 11 is 0. The smallest absolute Gasteiger partial charge is 0.220 e. The number of hydrogen-bond acceptors (Lipinski definition) is 3. The number of ether oxygens (including phenoxy) is 1. The quantitative estimate of drug-likeness (QED) is 0.668. The van der Waals surface area contributed by atoms with Crippen LogP contribution in [0.4, 0.5) is 0 Å². The summed E-state index contributed by atoms with van der Waals surface area (Å²) in [7, 11) is 0. The molecule has 1 heterocycles. The summed E-state index contributed by atoms with van der Waals surface area (Å²) in [5, 5.41) is 6.36. The Labute approximate surface area is 98.1 Å². The highest BCUT2D eigenvalue weighted by Gasteiger charge is 2.15. The normalized spacial score (nSPS) is 17.7. The van der Waals surface area contributed by atoms with E-state index < -0.39 is 0 Å². The summed E-state index contributed by atoms with van der Waals surface area (Å²) in [4.78, 5) is 11.6. The molecule has 4 heteroatoms. The molecule has 1 rings (SSSR count).